The fourth-order valence-electron chi connectivity index (χ4n) is 1.03. The van der Waals surface area contributed by atoms with Crippen molar-refractivity contribution in [2.24, 2.45) is 5.73 Å². The zero-order chi connectivity index (χ0) is 9.14. The molecule has 3 N–H and O–H groups in total. The molecule has 0 aliphatic rings. The molecule has 1 heterocycles. The average molecular weight is 165 g/mol. The molecule has 0 unspecified atom stereocenters. The molecule has 4 heteroatoms. The second kappa shape index (κ2) is 3.21. The molecular weight excluding hydrogens is 154 g/mol. The summed E-state index contributed by atoms with van der Waals surface area (Å²) in [7, 11) is 0. The summed E-state index contributed by atoms with van der Waals surface area (Å²) in [5, 5.41) is 2.41. The van der Waals surface area contributed by atoms with Gasteiger partial charge >= 0.3 is 6.03 Å². The number of hydrogen-bond donors (Lipinski definition) is 2. The molecule has 1 rings (SSSR count). The second-order valence-electron chi connectivity index (χ2n) is 2.66. The molecule has 0 atom stereocenters. The molecule has 4 nitrogen and oxygen atoms in total. The standard InChI is InChI=1S/C8H11N3O/c1-5-3-6(2)10-7(4-5)11-8(9)12/h3-4H,1-2H3,(H3,9,10,11,12). The van der Waals surface area contributed by atoms with Gasteiger partial charge in [0.05, 0.1) is 0 Å². The van der Waals surface area contributed by atoms with Gasteiger partial charge in [0.25, 0.3) is 0 Å². The lowest BCUT2D eigenvalue weighted by Crippen LogP contribution is -2.20. The van der Waals surface area contributed by atoms with E-state index < -0.39 is 6.03 Å². The summed E-state index contributed by atoms with van der Waals surface area (Å²) in [4.78, 5) is 14.5. The van der Waals surface area contributed by atoms with Crippen molar-refractivity contribution in [3.63, 3.8) is 0 Å². The Bertz CT molecular complexity index is 289. The zero-order valence-corrected chi connectivity index (χ0v) is 7.09. The van der Waals surface area contributed by atoms with Crippen LogP contribution in [-0.2, 0) is 0 Å². The number of amides is 2. The minimum Gasteiger partial charge on any atom is -0.351 e. The molecular formula is C8H11N3O. The first-order valence-corrected chi connectivity index (χ1v) is 3.59. The van der Waals surface area contributed by atoms with Crippen LogP contribution in [0, 0.1) is 13.8 Å². The van der Waals surface area contributed by atoms with Gasteiger partial charge in [-0.1, -0.05) is 0 Å². The lowest BCUT2D eigenvalue weighted by molar-refractivity contribution is 0.259. The molecule has 0 aliphatic carbocycles. The van der Waals surface area contributed by atoms with E-state index in [1.54, 1.807) is 6.07 Å². The number of aromatic nitrogens is 1. The van der Waals surface area contributed by atoms with Crippen LogP contribution in [0.4, 0.5) is 10.6 Å². The highest BCUT2D eigenvalue weighted by Crippen LogP contribution is 2.07. The summed E-state index contributed by atoms with van der Waals surface area (Å²) >= 11 is 0. The van der Waals surface area contributed by atoms with Crippen molar-refractivity contribution in [2.45, 2.75) is 13.8 Å². The minimum absolute atomic E-state index is 0.500. The molecule has 1 aromatic rings. The predicted molar refractivity (Wildman–Crippen MR) is 46.9 cm³/mol. The van der Waals surface area contributed by atoms with Gasteiger partial charge in [0.15, 0.2) is 0 Å². The summed E-state index contributed by atoms with van der Waals surface area (Å²) in [6.07, 6.45) is 0. The summed E-state index contributed by atoms with van der Waals surface area (Å²) < 4.78 is 0. The summed E-state index contributed by atoms with van der Waals surface area (Å²) in [6, 6.07) is 3.09. The number of carbonyl (C=O) groups excluding carboxylic acids is 1. The Morgan fingerprint density at radius 2 is 2.17 bits per heavy atom. The third-order valence-electron chi connectivity index (χ3n) is 1.35. The maximum atomic E-state index is 10.5. The first-order valence-electron chi connectivity index (χ1n) is 3.59. The predicted octanol–water partition coefficient (Wildman–Crippen LogP) is 1.19. The van der Waals surface area contributed by atoms with E-state index in [0.29, 0.717) is 5.82 Å². The van der Waals surface area contributed by atoms with Crippen molar-refractivity contribution in [2.75, 3.05) is 5.32 Å². The smallest absolute Gasteiger partial charge is 0.317 e. The minimum atomic E-state index is -0.590. The van der Waals surface area contributed by atoms with Crippen LogP contribution in [0.1, 0.15) is 11.3 Å². The van der Waals surface area contributed by atoms with Crippen LogP contribution in [0.5, 0.6) is 0 Å². The largest absolute Gasteiger partial charge is 0.351 e. The van der Waals surface area contributed by atoms with Crippen LogP contribution in [0.3, 0.4) is 0 Å². The summed E-state index contributed by atoms with van der Waals surface area (Å²) in [5.41, 5.74) is 6.84. The molecule has 0 saturated heterocycles. The fraction of sp³-hybridized carbons (Fsp3) is 0.250. The molecule has 0 radical (unpaired) electrons. The van der Waals surface area contributed by atoms with Crippen molar-refractivity contribution in [1.82, 2.24) is 4.98 Å². The fourth-order valence-corrected chi connectivity index (χ4v) is 1.03. The van der Waals surface area contributed by atoms with Crippen molar-refractivity contribution in [3.05, 3.63) is 23.4 Å². The Morgan fingerprint density at radius 1 is 1.50 bits per heavy atom. The van der Waals surface area contributed by atoms with E-state index in [1.807, 2.05) is 19.9 Å². The van der Waals surface area contributed by atoms with Gasteiger partial charge in [0.1, 0.15) is 5.82 Å². The van der Waals surface area contributed by atoms with Crippen LogP contribution in [0.2, 0.25) is 0 Å². The van der Waals surface area contributed by atoms with Crippen molar-refractivity contribution in [3.8, 4) is 0 Å². The van der Waals surface area contributed by atoms with Gasteiger partial charge < -0.3 is 5.73 Å². The van der Waals surface area contributed by atoms with Crippen LogP contribution in [0.25, 0.3) is 0 Å². The Morgan fingerprint density at radius 3 is 2.67 bits per heavy atom. The lowest BCUT2D eigenvalue weighted by Gasteiger charge is -2.02. The molecule has 0 fully saturated rings. The molecule has 0 bridgehead atoms. The molecule has 2 amide bonds. The van der Waals surface area contributed by atoms with Crippen molar-refractivity contribution >= 4 is 11.8 Å². The van der Waals surface area contributed by atoms with Gasteiger partial charge in [-0.25, -0.2) is 9.78 Å². The topological polar surface area (TPSA) is 68.0 Å². The number of carbonyl (C=O) groups is 1. The second-order valence-corrected chi connectivity index (χ2v) is 2.66. The van der Waals surface area contributed by atoms with E-state index in [-0.39, 0.29) is 0 Å². The molecule has 64 valence electrons. The lowest BCUT2D eigenvalue weighted by atomic mass is 10.2. The van der Waals surface area contributed by atoms with Gasteiger partial charge in [-0.2, -0.15) is 0 Å². The van der Waals surface area contributed by atoms with Crippen LogP contribution in [0.15, 0.2) is 12.1 Å². The Kier molecular flexibility index (Phi) is 2.28. The van der Waals surface area contributed by atoms with Gasteiger partial charge in [-0.15, -0.1) is 0 Å². The van der Waals surface area contributed by atoms with Crippen molar-refractivity contribution < 1.29 is 4.79 Å². The number of nitrogens with one attached hydrogen (secondary N) is 1. The molecule has 0 aromatic carbocycles. The Labute approximate surface area is 70.8 Å². The van der Waals surface area contributed by atoms with E-state index >= 15 is 0 Å². The first kappa shape index (κ1) is 8.52. The van der Waals surface area contributed by atoms with E-state index in [0.717, 1.165) is 11.3 Å². The maximum absolute atomic E-state index is 10.5. The first-order chi connectivity index (χ1) is 5.58. The van der Waals surface area contributed by atoms with Gasteiger partial charge in [-0.3, -0.25) is 5.32 Å². The SMILES string of the molecule is Cc1cc(C)nc(NC(N)=O)c1. The highest BCUT2D eigenvalue weighted by molar-refractivity contribution is 5.86. The monoisotopic (exact) mass is 165 g/mol. The number of rotatable bonds is 1. The molecule has 0 spiro atoms. The van der Waals surface area contributed by atoms with Crippen molar-refractivity contribution in [1.29, 1.82) is 0 Å². The van der Waals surface area contributed by atoms with Crippen LogP contribution >= 0.6 is 0 Å². The Hall–Kier alpha value is -1.58. The number of nitrogens with zero attached hydrogens (tertiary/aromatic N) is 1. The number of anilines is 1. The molecule has 0 saturated carbocycles. The normalized spacial score (nSPS) is 9.50. The molecule has 1 aromatic heterocycles. The number of urea groups is 1. The number of pyridine rings is 1. The third-order valence-corrected chi connectivity index (χ3v) is 1.35. The summed E-state index contributed by atoms with van der Waals surface area (Å²) in [6.45, 7) is 3.79. The quantitative estimate of drug-likeness (QED) is 0.656. The molecule has 0 aliphatic heterocycles. The number of nitrogens with two attached hydrogens (primary N) is 1. The zero-order valence-electron chi connectivity index (χ0n) is 7.09. The highest BCUT2D eigenvalue weighted by atomic mass is 16.2. The number of hydrogen-bond acceptors (Lipinski definition) is 2. The summed E-state index contributed by atoms with van der Waals surface area (Å²) in [5.74, 6) is 0.500. The number of primary amides is 1. The van der Waals surface area contributed by atoms with Gasteiger partial charge in [-0.05, 0) is 31.5 Å². The maximum Gasteiger partial charge on any atom is 0.317 e. The van der Waals surface area contributed by atoms with Crippen LogP contribution < -0.4 is 11.1 Å². The number of aryl methyl sites for hydroxylation is 2. The molecule has 12 heavy (non-hydrogen) atoms. The van der Waals surface area contributed by atoms with Gasteiger partial charge in [0, 0.05) is 5.69 Å². The van der Waals surface area contributed by atoms with Crippen LogP contribution in [-0.4, -0.2) is 11.0 Å². The van der Waals surface area contributed by atoms with E-state index in [4.69, 9.17) is 5.73 Å². The third kappa shape index (κ3) is 2.23. The Balaban J connectivity index is 2.93. The van der Waals surface area contributed by atoms with E-state index in [2.05, 4.69) is 10.3 Å². The average Bonchev–Trinajstić information content (AvgIpc) is 1.81. The van der Waals surface area contributed by atoms with E-state index in [9.17, 15) is 4.79 Å². The highest BCUT2D eigenvalue weighted by Gasteiger charge is 1.98. The van der Waals surface area contributed by atoms with E-state index in [1.165, 1.54) is 0 Å². The van der Waals surface area contributed by atoms with Gasteiger partial charge in [0.2, 0.25) is 0 Å².